The van der Waals surface area contributed by atoms with Gasteiger partial charge in [0.15, 0.2) is 5.78 Å². The van der Waals surface area contributed by atoms with Gasteiger partial charge in [-0.05, 0) is 47.9 Å². The fourth-order valence-electron chi connectivity index (χ4n) is 2.94. The van der Waals surface area contributed by atoms with Crippen LogP contribution in [-0.2, 0) is 6.18 Å². The minimum absolute atomic E-state index is 0.0193. The molecule has 0 fully saturated rings. The average molecular weight is 424 g/mol. The third kappa shape index (κ3) is 4.26. The maximum absolute atomic E-state index is 12.9. The molecule has 30 heavy (non-hydrogen) atoms. The number of halogens is 3. The number of benzene rings is 2. The number of hydrogen-bond donors (Lipinski definition) is 0. The van der Waals surface area contributed by atoms with Crippen molar-refractivity contribution >= 4 is 23.2 Å². The third-order valence-electron chi connectivity index (χ3n) is 4.41. The summed E-state index contributed by atoms with van der Waals surface area (Å²) in [6.45, 7) is 0. The summed E-state index contributed by atoms with van der Waals surface area (Å²) in [6, 6.07) is 17.8. The van der Waals surface area contributed by atoms with Gasteiger partial charge in [-0.3, -0.25) is 4.79 Å². The van der Waals surface area contributed by atoms with Crippen LogP contribution in [0.1, 0.15) is 21.5 Å². The van der Waals surface area contributed by atoms with E-state index in [4.69, 9.17) is 0 Å². The molecule has 0 radical (unpaired) electrons. The summed E-state index contributed by atoms with van der Waals surface area (Å²) in [6.07, 6.45) is 0.159. The number of hydrogen-bond acceptors (Lipinski definition) is 3. The SMILES string of the molecule is O=C(C=Cc1cn(-c2ccccc2)nc1-c1cccs1)c1cccc(C(F)(F)F)c1. The Labute approximate surface area is 174 Å². The van der Waals surface area contributed by atoms with Crippen molar-refractivity contribution in [2.75, 3.05) is 0 Å². The van der Waals surface area contributed by atoms with E-state index < -0.39 is 17.5 Å². The van der Waals surface area contributed by atoms with Gasteiger partial charge in [0.2, 0.25) is 0 Å². The quantitative estimate of drug-likeness (QED) is 0.270. The molecule has 3 nitrogen and oxygen atoms in total. The van der Waals surface area contributed by atoms with Crippen molar-refractivity contribution in [3.8, 4) is 16.3 Å². The van der Waals surface area contributed by atoms with Crippen LogP contribution in [0.15, 0.2) is 84.4 Å². The zero-order chi connectivity index (χ0) is 21.1. The smallest absolute Gasteiger partial charge is 0.289 e. The lowest BCUT2D eigenvalue weighted by atomic mass is 10.1. The Balaban J connectivity index is 1.68. The van der Waals surface area contributed by atoms with E-state index in [2.05, 4.69) is 5.10 Å². The first-order valence-electron chi connectivity index (χ1n) is 9.00. The average Bonchev–Trinajstić information content (AvgIpc) is 3.42. The Hall–Kier alpha value is -3.45. The first kappa shape index (κ1) is 19.8. The topological polar surface area (TPSA) is 34.9 Å². The minimum atomic E-state index is -4.50. The molecule has 2 heterocycles. The highest BCUT2D eigenvalue weighted by Crippen LogP contribution is 2.30. The van der Waals surface area contributed by atoms with Gasteiger partial charge in [0.1, 0.15) is 5.69 Å². The fraction of sp³-hybridized carbons (Fsp3) is 0.0435. The van der Waals surface area contributed by atoms with Gasteiger partial charge in [0.05, 0.1) is 16.1 Å². The van der Waals surface area contributed by atoms with E-state index in [0.29, 0.717) is 11.3 Å². The summed E-state index contributed by atoms with van der Waals surface area (Å²) < 4.78 is 40.5. The maximum Gasteiger partial charge on any atom is 0.416 e. The summed E-state index contributed by atoms with van der Waals surface area (Å²) in [5.41, 5.74) is 1.38. The molecule has 0 bridgehead atoms. The summed E-state index contributed by atoms with van der Waals surface area (Å²) in [5.74, 6) is -0.509. The molecular formula is C23H15F3N2OS. The Morgan fingerprint density at radius 2 is 1.80 bits per heavy atom. The second-order valence-electron chi connectivity index (χ2n) is 6.47. The lowest BCUT2D eigenvalue weighted by molar-refractivity contribution is -0.137. The lowest BCUT2D eigenvalue weighted by Crippen LogP contribution is -2.06. The monoisotopic (exact) mass is 424 g/mol. The van der Waals surface area contributed by atoms with E-state index in [1.807, 2.05) is 47.8 Å². The van der Waals surface area contributed by atoms with Crippen LogP contribution in [0.3, 0.4) is 0 Å². The molecule has 2 aromatic heterocycles. The Kier molecular flexibility index (Phi) is 5.37. The zero-order valence-corrected chi connectivity index (χ0v) is 16.3. The van der Waals surface area contributed by atoms with Crippen molar-refractivity contribution in [2.45, 2.75) is 6.18 Å². The number of rotatable bonds is 5. The third-order valence-corrected chi connectivity index (χ3v) is 5.28. The summed E-state index contributed by atoms with van der Waals surface area (Å²) >= 11 is 1.51. The van der Waals surface area contributed by atoms with Crippen molar-refractivity contribution in [3.05, 3.63) is 101 Å². The molecule has 4 rings (SSSR count). The minimum Gasteiger partial charge on any atom is -0.289 e. The molecule has 0 unspecified atom stereocenters. The number of aromatic nitrogens is 2. The Morgan fingerprint density at radius 1 is 1.00 bits per heavy atom. The van der Waals surface area contributed by atoms with Crippen LogP contribution in [0, 0.1) is 0 Å². The lowest BCUT2D eigenvalue weighted by Gasteiger charge is -2.07. The number of alkyl halides is 3. The molecule has 0 amide bonds. The summed E-state index contributed by atoms with van der Waals surface area (Å²) in [4.78, 5) is 13.4. The number of carbonyl (C=O) groups excluding carboxylic acids is 1. The normalized spacial score (nSPS) is 11.8. The van der Waals surface area contributed by atoms with Crippen LogP contribution >= 0.6 is 11.3 Å². The van der Waals surface area contributed by atoms with E-state index in [1.54, 1.807) is 17.0 Å². The first-order chi connectivity index (χ1) is 14.4. The molecule has 0 spiro atoms. The van der Waals surface area contributed by atoms with Gasteiger partial charge in [-0.2, -0.15) is 18.3 Å². The first-order valence-corrected chi connectivity index (χ1v) is 9.88. The van der Waals surface area contributed by atoms with Gasteiger partial charge >= 0.3 is 6.18 Å². The molecule has 0 aliphatic rings. The van der Waals surface area contributed by atoms with Crippen LogP contribution in [0.5, 0.6) is 0 Å². The molecule has 0 atom stereocenters. The highest BCUT2D eigenvalue weighted by Gasteiger charge is 2.30. The molecule has 2 aromatic carbocycles. The predicted molar refractivity (Wildman–Crippen MR) is 112 cm³/mol. The number of thiophene rings is 1. The molecule has 0 saturated carbocycles. The molecule has 0 saturated heterocycles. The summed E-state index contributed by atoms with van der Waals surface area (Å²) in [7, 11) is 0. The van der Waals surface area contributed by atoms with Gasteiger partial charge in [-0.25, -0.2) is 4.68 Å². The highest BCUT2D eigenvalue weighted by atomic mass is 32.1. The second kappa shape index (κ2) is 8.12. The fourth-order valence-corrected chi connectivity index (χ4v) is 3.67. The second-order valence-corrected chi connectivity index (χ2v) is 7.41. The molecule has 4 aromatic rings. The van der Waals surface area contributed by atoms with Crippen LogP contribution in [0.25, 0.3) is 22.3 Å². The molecule has 150 valence electrons. The number of ketones is 1. The van der Waals surface area contributed by atoms with Crippen molar-refractivity contribution in [3.63, 3.8) is 0 Å². The molecule has 0 aliphatic heterocycles. The van der Waals surface area contributed by atoms with E-state index in [0.717, 1.165) is 22.7 Å². The number of carbonyl (C=O) groups is 1. The maximum atomic E-state index is 12.9. The van der Waals surface area contributed by atoms with Crippen LogP contribution in [-0.4, -0.2) is 15.6 Å². The highest BCUT2D eigenvalue weighted by molar-refractivity contribution is 7.13. The Bertz CT molecular complexity index is 1190. The molecule has 0 aliphatic carbocycles. The molecule has 0 N–H and O–H groups in total. The van der Waals surface area contributed by atoms with E-state index >= 15 is 0 Å². The predicted octanol–water partition coefficient (Wildman–Crippen LogP) is 6.52. The van der Waals surface area contributed by atoms with Crippen LogP contribution in [0.2, 0.25) is 0 Å². The van der Waals surface area contributed by atoms with Gasteiger partial charge < -0.3 is 0 Å². The van der Waals surface area contributed by atoms with Crippen molar-refractivity contribution in [1.29, 1.82) is 0 Å². The van der Waals surface area contributed by atoms with Gasteiger partial charge in [-0.15, -0.1) is 11.3 Å². The zero-order valence-electron chi connectivity index (χ0n) is 15.5. The van der Waals surface area contributed by atoms with Crippen molar-refractivity contribution in [1.82, 2.24) is 9.78 Å². The number of allylic oxidation sites excluding steroid dienone is 1. The van der Waals surface area contributed by atoms with E-state index in [1.165, 1.54) is 29.5 Å². The summed E-state index contributed by atoms with van der Waals surface area (Å²) in [5, 5.41) is 6.56. The number of nitrogens with zero attached hydrogens (tertiary/aromatic N) is 2. The largest absolute Gasteiger partial charge is 0.416 e. The standard InChI is InChI=1S/C23H15F3N2OS/c24-23(25,26)18-7-4-6-16(14-18)20(29)12-11-17-15-28(19-8-2-1-3-9-19)27-22(17)21-10-5-13-30-21/h1-15H. The van der Waals surface area contributed by atoms with Gasteiger partial charge in [-0.1, -0.05) is 36.4 Å². The van der Waals surface area contributed by atoms with Crippen molar-refractivity contribution in [2.24, 2.45) is 0 Å². The van der Waals surface area contributed by atoms with Crippen LogP contribution in [0.4, 0.5) is 13.2 Å². The molecule has 7 heteroatoms. The Morgan fingerprint density at radius 3 is 2.50 bits per heavy atom. The molecular weight excluding hydrogens is 409 g/mol. The van der Waals surface area contributed by atoms with E-state index in [-0.39, 0.29) is 5.56 Å². The van der Waals surface area contributed by atoms with Crippen LogP contribution < -0.4 is 0 Å². The van der Waals surface area contributed by atoms with Gasteiger partial charge in [0.25, 0.3) is 0 Å². The van der Waals surface area contributed by atoms with Gasteiger partial charge in [0, 0.05) is 17.3 Å². The van der Waals surface area contributed by atoms with E-state index in [9.17, 15) is 18.0 Å². The number of para-hydroxylation sites is 1. The van der Waals surface area contributed by atoms with Crippen molar-refractivity contribution < 1.29 is 18.0 Å².